The minimum absolute atomic E-state index is 0.263. The fourth-order valence-corrected chi connectivity index (χ4v) is 7.60. The molecule has 1 aliphatic heterocycles. The Morgan fingerprint density at radius 1 is 0.469 bits per heavy atom. The highest BCUT2D eigenvalue weighted by Crippen LogP contribution is 2.42. The molecule has 0 saturated carbocycles. The van der Waals surface area contributed by atoms with E-state index in [1.54, 1.807) is 0 Å². The quantitative estimate of drug-likeness (QED) is 0.207. The van der Waals surface area contributed by atoms with Gasteiger partial charge in [0.1, 0.15) is 12.0 Å². The lowest BCUT2D eigenvalue weighted by atomic mass is 10.00. The highest BCUT2D eigenvalue weighted by atomic mass is 15.2. The van der Waals surface area contributed by atoms with Gasteiger partial charge in [-0.3, -0.25) is 0 Å². The molecule has 0 bridgehead atoms. The molecule has 4 heteroatoms. The van der Waals surface area contributed by atoms with E-state index in [9.17, 15) is 0 Å². The third-order valence-electron chi connectivity index (χ3n) is 9.83. The van der Waals surface area contributed by atoms with Gasteiger partial charge in [-0.15, -0.1) is 0 Å². The van der Waals surface area contributed by atoms with Gasteiger partial charge in [-0.2, -0.15) is 0 Å². The normalized spacial score (nSPS) is 14.7. The van der Waals surface area contributed by atoms with Gasteiger partial charge in [-0.1, -0.05) is 146 Å². The van der Waals surface area contributed by atoms with E-state index in [4.69, 9.17) is 9.98 Å². The summed E-state index contributed by atoms with van der Waals surface area (Å²) in [5.74, 6) is 1.53. The van der Waals surface area contributed by atoms with Crippen LogP contribution in [0.15, 0.2) is 180 Å². The second-order valence-corrected chi connectivity index (χ2v) is 12.6. The largest absolute Gasteiger partial charge is 0.344 e. The highest BCUT2D eigenvalue weighted by molar-refractivity contribution is 6.29. The van der Waals surface area contributed by atoms with Crippen molar-refractivity contribution in [2.75, 3.05) is 0 Å². The van der Waals surface area contributed by atoms with Crippen LogP contribution in [0.5, 0.6) is 0 Å². The van der Waals surface area contributed by atoms with Crippen LogP contribution in [0.25, 0.3) is 59.8 Å². The zero-order chi connectivity index (χ0) is 32.3. The third-order valence-corrected chi connectivity index (χ3v) is 9.83. The number of benzene rings is 8. The molecule has 1 atom stereocenters. The molecule has 4 nitrogen and oxygen atoms in total. The van der Waals surface area contributed by atoms with Gasteiger partial charge in [0.05, 0.1) is 16.7 Å². The van der Waals surface area contributed by atoms with Crippen molar-refractivity contribution in [2.24, 2.45) is 9.98 Å². The predicted octanol–water partition coefficient (Wildman–Crippen LogP) is 10.7. The lowest BCUT2D eigenvalue weighted by molar-refractivity contribution is 0.674. The lowest BCUT2D eigenvalue weighted by Gasteiger charge is -2.24. The van der Waals surface area contributed by atoms with Crippen LogP contribution in [0.3, 0.4) is 0 Å². The molecule has 0 amide bonds. The van der Waals surface area contributed by atoms with Crippen molar-refractivity contribution >= 4 is 65.8 Å². The molecule has 10 rings (SSSR count). The number of hydrogen-bond donors (Lipinski definition) is 1. The summed E-state index contributed by atoms with van der Waals surface area (Å²) in [6.45, 7) is 0. The van der Waals surface area contributed by atoms with Gasteiger partial charge in [0.25, 0.3) is 0 Å². The Hall–Kier alpha value is -6.52. The summed E-state index contributed by atoms with van der Waals surface area (Å²) in [7, 11) is 0. The first-order valence-corrected chi connectivity index (χ1v) is 16.7. The van der Waals surface area contributed by atoms with E-state index in [1.165, 1.54) is 43.4 Å². The van der Waals surface area contributed by atoms with Crippen molar-refractivity contribution < 1.29 is 0 Å². The molecule has 230 valence electrons. The van der Waals surface area contributed by atoms with Crippen LogP contribution >= 0.6 is 0 Å². The maximum atomic E-state index is 5.22. The molecule has 8 aromatic carbocycles. The molecule has 1 N–H and O–H groups in total. The average molecular weight is 627 g/mol. The van der Waals surface area contributed by atoms with Gasteiger partial charge in [0.2, 0.25) is 0 Å². The van der Waals surface area contributed by atoms with Crippen molar-refractivity contribution in [3.63, 3.8) is 0 Å². The van der Waals surface area contributed by atoms with E-state index in [1.807, 2.05) is 24.3 Å². The van der Waals surface area contributed by atoms with Gasteiger partial charge in [-0.25, -0.2) is 9.98 Å². The number of fused-ring (bicyclic) bond motifs is 8. The molecule has 1 aromatic heterocycles. The molecule has 1 aliphatic rings. The molecule has 0 fully saturated rings. The van der Waals surface area contributed by atoms with Crippen LogP contribution in [-0.4, -0.2) is 16.2 Å². The molecule has 0 radical (unpaired) electrons. The fraction of sp³-hybridized carbons (Fsp3) is 0.0222. The Kier molecular flexibility index (Phi) is 6.21. The van der Waals surface area contributed by atoms with Gasteiger partial charge in [0, 0.05) is 27.3 Å². The first-order valence-electron chi connectivity index (χ1n) is 16.7. The Labute approximate surface area is 283 Å². The molecule has 0 aliphatic carbocycles. The van der Waals surface area contributed by atoms with E-state index in [0.29, 0.717) is 5.84 Å². The van der Waals surface area contributed by atoms with Crippen LogP contribution < -0.4 is 5.32 Å². The Balaban J connectivity index is 1.24. The highest BCUT2D eigenvalue weighted by Gasteiger charge is 2.24. The lowest BCUT2D eigenvalue weighted by Crippen LogP contribution is -2.33. The molecule has 9 aromatic rings. The number of amidine groups is 2. The molecule has 2 heterocycles. The van der Waals surface area contributed by atoms with Crippen LogP contribution in [0.2, 0.25) is 0 Å². The zero-order valence-corrected chi connectivity index (χ0v) is 26.6. The van der Waals surface area contributed by atoms with Gasteiger partial charge in [-0.05, 0) is 56.8 Å². The number of hydrogen-bond acceptors (Lipinski definition) is 3. The SMILES string of the molecule is c1ccc(C2=NC(c3ccc(-n4c5ccc6ccccc6c5c5c6ccccc6ccc54)c4ccccc34)=NC(c3ccccc3)N2)cc1. The van der Waals surface area contributed by atoms with E-state index in [0.717, 1.165) is 39.0 Å². The number of aromatic nitrogens is 1. The van der Waals surface area contributed by atoms with Crippen LogP contribution in [-0.2, 0) is 0 Å². The summed E-state index contributed by atoms with van der Waals surface area (Å²) >= 11 is 0. The van der Waals surface area contributed by atoms with Crippen molar-refractivity contribution in [1.82, 2.24) is 9.88 Å². The average Bonchev–Trinajstić information content (AvgIpc) is 3.53. The maximum Gasteiger partial charge on any atom is 0.160 e. The van der Waals surface area contributed by atoms with E-state index in [-0.39, 0.29) is 6.17 Å². The van der Waals surface area contributed by atoms with E-state index < -0.39 is 0 Å². The summed E-state index contributed by atoms with van der Waals surface area (Å²) in [4.78, 5) is 10.4. The first-order chi connectivity index (χ1) is 24.3. The third kappa shape index (κ3) is 4.38. The minimum Gasteiger partial charge on any atom is -0.344 e. The van der Waals surface area contributed by atoms with Gasteiger partial charge < -0.3 is 9.88 Å². The first kappa shape index (κ1) is 27.6. The molecular formula is C45H30N4. The molecule has 49 heavy (non-hydrogen) atoms. The maximum absolute atomic E-state index is 5.22. The van der Waals surface area contributed by atoms with Crippen molar-refractivity contribution in [3.8, 4) is 5.69 Å². The number of aliphatic imine (C=N–C) groups is 2. The predicted molar refractivity (Wildman–Crippen MR) is 205 cm³/mol. The van der Waals surface area contributed by atoms with Gasteiger partial charge >= 0.3 is 0 Å². The smallest absolute Gasteiger partial charge is 0.160 e. The summed E-state index contributed by atoms with van der Waals surface area (Å²) in [6, 6.07) is 60.3. The Morgan fingerprint density at radius 2 is 1.02 bits per heavy atom. The Morgan fingerprint density at radius 3 is 1.67 bits per heavy atom. The minimum atomic E-state index is -0.263. The molecule has 1 unspecified atom stereocenters. The molecule has 0 spiro atoms. The number of nitrogens with one attached hydrogen (secondary N) is 1. The van der Waals surface area contributed by atoms with Crippen molar-refractivity contribution in [3.05, 3.63) is 187 Å². The number of nitrogens with zero attached hydrogens (tertiary/aromatic N) is 3. The van der Waals surface area contributed by atoms with Gasteiger partial charge in [0.15, 0.2) is 5.84 Å². The Bertz CT molecular complexity index is 2700. The monoisotopic (exact) mass is 626 g/mol. The van der Waals surface area contributed by atoms with Crippen molar-refractivity contribution in [1.29, 1.82) is 0 Å². The van der Waals surface area contributed by atoms with Crippen molar-refractivity contribution in [2.45, 2.75) is 6.17 Å². The fourth-order valence-electron chi connectivity index (χ4n) is 7.60. The van der Waals surface area contributed by atoms with E-state index >= 15 is 0 Å². The zero-order valence-electron chi connectivity index (χ0n) is 26.6. The summed E-state index contributed by atoms with van der Waals surface area (Å²) in [5, 5.41) is 13.4. The van der Waals surface area contributed by atoms with Crippen LogP contribution in [0, 0.1) is 0 Å². The second kappa shape index (κ2) is 11.0. The summed E-state index contributed by atoms with van der Waals surface area (Å²) in [6.07, 6.45) is -0.263. The van der Waals surface area contributed by atoms with Crippen LogP contribution in [0.4, 0.5) is 0 Å². The summed E-state index contributed by atoms with van der Waals surface area (Å²) in [5.41, 5.74) is 6.64. The topological polar surface area (TPSA) is 41.7 Å². The molecular weight excluding hydrogens is 597 g/mol. The van der Waals surface area contributed by atoms with E-state index in [2.05, 4.69) is 155 Å². The molecule has 0 saturated heterocycles. The number of rotatable bonds is 4. The summed E-state index contributed by atoms with van der Waals surface area (Å²) < 4.78 is 2.45. The standard InChI is InChI=1S/C45H30N4/c1-3-15-31(16-4-1)43-46-44(32-17-5-2-6-18-32)48-45(47-43)37-25-28-38(36-22-12-11-21-35(36)37)49-39-26-23-29-13-7-9-19-33(29)41(39)42-34-20-10-8-14-30(34)24-27-40(42)49/h1-28,43H,(H,46,47,48). The van der Waals surface area contributed by atoms with Crippen LogP contribution in [0.1, 0.15) is 22.9 Å². The second-order valence-electron chi connectivity index (χ2n) is 12.6.